The molecule has 2 aliphatic heterocycles. The summed E-state index contributed by atoms with van der Waals surface area (Å²) in [4.78, 5) is 25.7. The topological polar surface area (TPSA) is 103 Å². The van der Waals surface area contributed by atoms with E-state index in [0.717, 1.165) is 0 Å². The minimum absolute atomic E-state index is 0.235. The van der Waals surface area contributed by atoms with Crippen LogP contribution in [0.3, 0.4) is 0 Å². The van der Waals surface area contributed by atoms with Crippen LogP contribution in [0.2, 0.25) is 0 Å². The van der Waals surface area contributed by atoms with Crippen molar-refractivity contribution in [1.29, 1.82) is 0 Å². The number of hydrogen-bond acceptors (Lipinski definition) is 6. The first-order chi connectivity index (χ1) is 9.82. The molecule has 3 heterocycles. The van der Waals surface area contributed by atoms with Gasteiger partial charge < -0.3 is 23.9 Å². The molecule has 116 valence electrons. The Morgan fingerprint density at radius 3 is 2.67 bits per heavy atom. The van der Waals surface area contributed by atoms with E-state index < -0.39 is 41.5 Å². The van der Waals surface area contributed by atoms with Gasteiger partial charge in [0.2, 0.25) is 0 Å². The van der Waals surface area contributed by atoms with Gasteiger partial charge in [0.05, 0.1) is 12.2 Å². The Kier molecular flexibility index (Phi) is 3.28. The number of H-pyrrole nitrogens is 1. The molecular formula is C13H18N2O6. The predicted molar refractivity (Wildman–Crippen MR) is 70.8 cm³/mol. The number of aryl methyl sites for hydroxylation is 1. The minimum Gasteiger partial charge on any atom is -0.394 e. The first kappa shape index (κ1) is 14.5. The number of ether oxygens (including phenoxy) is 3. The van der Waals surface area contributed by atoms with Crippen LogP contribution >= 0.6 is 0 Å². The molecule has 0 bridgehead atoms. The number of nitrogens with zero attached hydrogens (tertiary/aromatic N) is 1. The maximum absolute atomic E-state index is 12.0. The summed E-state index contributed by atoms with van der Waals surface area (Å²) < 4.78 is 18.5. The molecular weight excluding hydrogens is 280 g/mol. The molecule has 2 fully saturated rings. The fourth-order valence-corrected chi connectivity index (χ4v) is 2.87. The van der Waals surface area contributed by atoms with E-state index in [2.05, 4.69) is 4.98 Å². The molecule has 0 aromatic carbocycles. The van der Waals surface area contributed by atoms with Crippen molar-refractivity contribution in [3.05, 3.63) is 32.6 Å². The number of hydrogen-bond donors (Lipinski definition) is 2. The lowest BCUT2D eigenvalue weighted by atomic mass is 10.0. The third-order valence-corrected chi connectivity index (χ3v) is 3.77. The molecule has 3 rings (SSSR count). The van der Waals surface area contributed by atoms with Crippen LogP contribution in [0.25, 0.3) is 0 Å². The number of rotatable bonds is 2. The average molecular weight is 298 g/mol. The van der Waals surface area contributed by atoms with E-state index in [1.807, 2.05) is 0 Å². The molecule has 0 unspecified atom stereocenters. The van der Waals surface area contributed by atoms with Crippen LogP contribution in [0, 0.1) is 0 Å². The largest absolute Gasteiger partial charge is 0.394 e. The SMILES string of the molecule is Cn1cc([C@@H]2O[C@H](CO)[C@H]3OC(C)(C)O[C@H]32)c(=O)[nH]c1=O. The van der Waals surface area contributed by atoms with Gasteiger partial charge in [-0.05, 0) is 13.8 Å². The third-order valence-electron chi connectivity index (χ3n) is 3.77. The summed E-state index contributed by atoms with van der Waals surface area (Å²) >= 11 is 0. The highest BCUT2D eigenvalue weighted by Gasteiger charge is 2.55. The zero-order chi connectivity index (χ0) is 15.4. The lowest BCUT2D eigenvalue weighted by molar-refractivity contribution is -0.191. The maximum atomic E-state index is 12.0. The Morgan fingerprint density at radius 1 is 1.33 bits per heavy atom. The van der Waals surface area contributed by atoms with Crippen LogP contribution in [0.1, 0.15) is 25.5 Å². The molecule has 4 atom stereocenters. The molecule has 0 aliphatic carbocycles. The highest BCUT2D eigenvalue weighted by atomic mass is 16.8. The quantitative estimate of drug-likeness (QED) is 0.728. The first-order valence-corrected chi connectivity index (χ1v) is 6.74. The van der Waals surface area contributed by atoms with Gasteiger partial charge in [0.15, 0.2) is 5.79 Å². The highest BCUT2D eigenvalue weighted by molar-refractivity contribution is 5.16. The van der Waals surface area contributed by atoms with Crippen molar-refractivity contribution in [2.24, 2.45) is 7.05 Å². The highest BCUT2D eigenvalue weighted by Crippen LogP contribution is 2.44. The Balaban J connectivity index is 2.01. The van der Waals surface area contributed by atoms with Crippen LogP contribution in [0.5, 0.6) is 0 Å². The van der Waals surface area contributed by atoms with Gasteiger partial charge in [0, 0.05) is 13.2 Å². The second-order valence-electron chi connectivity index (χ2n) is 5.80. The van der Waals surface area contributed by atoms with E-state index in [1.165, 1.54) is 17.8 Å². The summed E-state index contributed by atoms with van der Waals surface area (Å²) in [5.74, 6) is -0.807. The molecule has 2 aliphatic rings. The lowest BCUT2D eigenvalue weighted by Crippen LogP contribution is -2.34. The molecule has 0 saturated carbocycles. The summed E-state index contributed by atoms with van der Waals surface area (Å²) in [5.41, 5.74) is -0.737. The second-order valence-corrected chi connectivity index (χ2v) is 5.80. The summed E-state index contributed by atoms with van der Waals surface area (Å²) in [6, 6.07) is 0. The van der Waals surface area contributed by atoms with Gasteiger partial charge in [-0.3, -0.25) is 9.78 Å². The zero-order valence-electron chi connectivity index (χ0n) is 12.0. The van der Waals surface area contributed by atoms with Gasteiger partial charge in [0.1, 0.15) is 24.4 Å². The van der Waals surface area contributed by atoms with Gasteiger partial charge in [-0.2, -0.15) is 0 Å². The summed E-state index contributed by atoms with van der Waals surface area (Å²) in [7, 11) is 1.54. The molecule has 0 amide bonds. The Morgan fingerprint density at radius 2 is 2.00 bits per heavy atom. The van der Waals surface area contributed by atoms with E-state index in [9.17, 15) is 14.7 Å². The molecule has 8 heteroatoms. The molecule has 1 aromatic heterocycles. The van der Waals surface area contributed by atoms with Crippen molar-refractivity contribution >= 4 is 0 Å². The zero-order valence-corrected chi connectivity index (χ0v) is 12.0. The summed E-state index contributed by atoms with van der Waals surface area (Å²) in [5, 5.41) is 9.41. The van der Waals surface area contributed by atoms with Crippen molar-refractivity contribution in [2.45, 2.75) is 44.1 Å². The number of aliphatic hydroxyl groups excluding tert-OH is 1. The fourth-order valence-electron chi connectivity index (χ4n) is 2.87. The Bertz CT molecular complexity index is 663. The van der Waals surface area contributed by atoms with Crippen molar-refractivity contribution in [2.75, 3.05) is 6.61 Å². The first-order valence-electron chi connectivity index (χ1n) is 6.74. The van der Waals surface area contributed by atoms with Crippen LogP contribution in [-0.4, -0.2) is 45.4 Å². The number of aliphatic hydroxyl groups is 1. The fraction of sp³-hybridized carbons (Fsp3) is 0.692. The van der Waals surface area contributed by atoms with Gasteiger partial charge in [-0.25, -0.2) is 4.79 Å². The molecule has 1 aromatic rings. The van der Waals surface area contributed by atoms with Crippen molar-refractivity contribution in [3.63, 3.8) is 0 Å². The van der Waals surface area contributed by atoms with Crippen molar-refractivity contribution in [3.8, 4) is 0 Å². The molecule has 0 radical (unpaired) electrons. The van der Waals surface area contributed by atoms with E-state index in [-0.39, 0.29) is 12.2 Å². The van der Waals surface area contributed by atoms with Gasteiger partial charge in [-0.15, -0.1) is 0 Å². The minimum atomic E-state index is -0.807. The van der Waals surface area contributed by atoms with Crippen LogP contribution in [0.4, 0.5) is 0 Å². The van der Waals surface area contributed by atoms with Crippen LogP contribution in [0.15, 0.2) is 15.8 Å². The number of aromatic nitrogens is 2. The van der Waals surface area contributed by atoms with Crippen LogP contribution in [-0.2, 0) is 21.3 Å². The predicted octanol–water partition coefficient (Wildman–Crippen LogP) is -0.974. The van der Waals surface area contributed by atoms with Crippen molar-refractivity contribution in [1.82, 2.24) is 9.55 Å². The summed E-state index contributed by atoms with van der Waals surface area (Å²) in [6.45, 7) is 3.30. The number of aromatic amines is 1. The lowest BCUT2D eigenvalue weighted by Gasteiger charge is -2.23. The molecule has 2 saturated heterocycles. The van der Waals surface area contributed by atoms with E-state index in [0.29, 0.717) is 0 Å². The van der Waals surface area contributed by atoms with Crippen LogP contribution < -0.4 is 11.2 Å². The molecule has 8 nitrogen and oxygen atoms in total. The second kappa shape index (κ2) is 4.77. The standard InChI is InChI=1S/C13H18N2O6/c1-13(2)20-9-7(5-16)19-8(10(9)21-13)6-4-15(3)12(18)14-11(6)17/h4,7-10,16H,5H2,1-3H3,(H,14,17,18)/t7-,8+,9-,10+/m1/s1. The summed E-state index contributed by atoms with van der Waals surface area (Å²) in [6.07, 6.45) is -0.789. The Hall–Kier alpha value is -1.48. The number of nitrogens with one attached hydrogen (secondary N) is 1. The third kappa shape index (κ3) is 2.34. The average Bonchev–Trinajstić information content (AvgIpc) is 2.87. The van der Waals surface area contributed by atoms with E-state index in [4.69, 9.17) is 14.2 Å². The van der Waals surface area contributed by atoms with E-state index in [1.54, 1.807) is 13.8 Å². The van der Waals surface area contributed by atoms with Crippen molar-refractivity contribution < 1.29 is 19.3 Å². The maximum Gasteiger partial charge on any atom is 0.328 e. The smallest absolute Gasteiger partial charge is 0.328 e. The number of fused-ring (bicyclic) bond motifs is 1. The van der Waals surface area contributed by atoms with E-state index >= 15 is 0 Å². The molecule has 21 heavy (non-hydrogen) atoms. The normalized spacial score (nSPS) is 34.1. The van der Waals surface area contributed by atoms with Gasteiger partial charge >= 0.3 is 5.69 Å². The molecule has 2 N–H and O–H groups in total. The van der Waals surface area contributed by atoms with Gasteiger partial charge in [-0.1, -0.05) is 0 Å². The Labute approximate surface area is 120 Å². The van der Waals surface area contributed by atoms with Gasteiger partial charge in [0.25, 0.3) is 5.56 Å². The molecule has 0 spiro atoms. The monoisotopic (exact) mass is 298 g/mol.